The summed E-state index contributed by atoms with van der Waals surface area (Å²) in [6.45, 7) is 0. The summed E-state index contributed by atoms with van der Waals surface area (Å²) in [4.78, 5) is 10.4. The van der Waals surface area contributed by atoms with E-state index < -0.39 is 0 Å². The van der Waals surface area contributed by atoms with Crippen molar-refractivity contribution in [2.75, 3.05) is 0 Å². The van der Waals surface area contributed by atoms with Gasteiger partial charge in [0.2, 0.25) is 5.95 Å². The highest BCUT2D eigenvalue weighted by Gasteiger charge is 2.17. The molecule has 0 radical (unpaired) electrons. The van der Waals surface area contributed by atoms with Crippen molar-refractivity contribution in [3.63, 3.8) is 0 Å². The number of benzene rings is 6. The van der Waals surface area contributed by atoms with E-state index >= 15 is 0 Å². The lowest BCUT2D eigenvalue weighted by atomic mass is 9.99. The van der Waals surface area contributed by atoms with Crippen LogP contribution in [0.3, 0.4) is 0 Å². The molecule has 0 aliphatic heterocycles. The summed E-state index contributed by atoms with van der Waals surface area (Å²) in [7, 11) is 0. The largest absolute Gasteiger partial charge is 0.278 e. The van der Waals surface area contributed by atoms with Crippen molar-refractivity contribution in [2.24, 2.45) is 0 Å². The third-order valence-electron chi connectivity index (χ3n) is 8.43. The topological polar surface area (TPSA) is 30.7 Å². The Morgan fingerprint density at radius 3 is 1.73 bits per heavy atom. The molecule has 0 saturated heterocycles. The van der Waals surface area contributed by atoms with Gasteiger partial charge in [-0.25, -0.2) is 9.97 Å². The number of para-hydroxylation sites is 2. The van der Waals surface area contributed by atoms with Crippen molar-refractivity contribution < 1.29 is 0 Å². The number of nitrogens with zero attached hydrogens (tertiary/aromatic N) is 3. The first-order chi connectivity index (χ1) is 21.8. The molecule has 44 heavy (non-hydrogen) atoms. The molecule has 0 spiro atoms. The highest BCUT2D eigenvalue weighted by Crippen LogP contribution is 2.37. The van der Waals surface area contributed by atoms with Gasteiger partial charge in [-0.3, -0.25) is 4.57 Å². The minimum absolute atomic E-state index is 0.662. The van der Waals surface area contributed by atoms with Gasteiger partial charge in [0.05, 0.1) is 22.4 Å². The smallest absolute Gasteiger partial charge is 0.235 e. The molecular weight excluding hydrogens is 555 g/mol. The summed E-state index contributed by atoms with van der Waals surface area (Å²) in [5.41, 5.74) is 8.44. The Morgan fingerprint density at radius 2 is 0.955 bits per heavy atom. The maximum absolute atomic E-state index is 5.24. The Bertz CT molecular complexity index is 2450. The van der Waals surface area contributed by atoms with Crippen molar-refractivity contribution in [2.45, 2.75) is 0 Å². The molecule has 0 fully saturated rings. The SMILES string of the molecule is c1ccc(-c2cc(-c3cccc(-c4ccc5sc6ccccc6c5c4)c3)nc(-n3c4ccccc4c4ccccc43)n2)cc1. The van der Waals surface area contributed by atoms with Gasteiger partial charge in [-0.1, -0.05) is 109 Å². The van der Waals surface area contributed by atoms with Crippen LogP contribution in [-0.4, -0.2) is 14.5 Å². The third-order valence-corrected chi connectivity index (χ3v) is 9.58. The molecule has 3 nitrogen and oxygen atoms in total. The van der Waals surface area contributed by atoms with E-state index in [9.17, 15) is 0 Å². The molecule has 3 aromatic heterocycles. The number of hydrogen-bond acceptors (Lipinski definition) is 3. The molecule has 6 aromatic carbocycles. The fourth-order valence-corrected chi connectivity index (χ4v) is 7.43. The number of aromatic nitrogens is 3. The summed E-state index contributed by atoms with van der Waals surface area (Å²) in [5, 5.41) is 4.99. The quantitative estimate of drug-likeness (QED) is 0.208. The first-order valence-electron chi connectivity index (χ1n) is 14.8. The van der Waals surface area contributed by atoms with Gasteiger partial charge in [0, 0.05) is 42.1 Å². The van der Waals surface area contributed by atoms with Gasteiger partial charge in [0.15, 0.2) is 0 Å². The van der Waals surface area contributed by atoms with Gasteiger partial charge in [-0.15, -0.1) is 11.3 Å². The van der Waals surface area contributed by atoms with Crippen molar-refractivity contribution >= 4 is 53.3 Å². The molecule has 4 heteroatoms. The summed E-state index contributed by atoms with van der Waals surface area (Å²) in [6.07, 6.45) is 0. The Morgan fingerprint density at radius 1 is 0.386 bits per heavy atom. The van der Waals surface area contributed by atoms with E-state index in [2.05, 4.69) is 150 Å². The van der Waals surface area contributed by atoms with Gasteiger partial charge in [0.25, 0.3) is 0 Å². The average molecular weight is 580 g/mol. The van der Waals surface area contributed by atoms with Crippen LogP contribution in [0.15, 0.2) is 152 Å². The number of thiophene rings is 1. The summed E-state index contributed by atoms with van der Waals surface area (Å²) < 4.78 is 4.82. The van der Waals surface area contributed by atoms with Gasteiger partial charge < -0.3 is 0 Å². The zero-order chi connectivity index (χ0) is 29.0. The molecule has 0 N–H and O–H groups in total. The Labute approximate surface area is 258 Å². The van der Waals surface area contributed by atoms with Crippen LogP contribution in [0.1, 0.15) is 0 Å². The first-order valence-corrected chi connectivity index (χ1v) is 15.6. The lowest BCUT2D eigenvalue weighted by Gasteiger charge is -2.12. The van der Waals surface area contributed by atoms with Gasteiger partial charge in [-0.05, 0) is 53.6 Å². The van der Waals surface area contributed by atoms with Crippen molar-refractivity contribution in [3.05, 3.63) is 152 Å². The Kier molecular flexibility index (Phi) is 5.68. The van der Waals surface area contributed by atoms with E-state index in [0.29, 0.717) is 5.95 Å². The maximum atomic E-state index is 5.24. The molecule has 206 valence electrons. The summed E-state index contributed by atoms with van der Waals surface area (Å²) in [5.74, 6) is 0.662. The lowest BCUT2D eigenvalue weighted by Crippen LogP contribution is -2.04. The molecule has 0 unspecified atom stereocenters. The minimum Gasteiger partial charge on any atom is -0.278 e. The van der Waals surface area contributed by atoms with Crippen LogP contribution >= 0.6 is 11.3 Å². The molecule has 9 rings (SSSR count). The number of hydrogen-bond donors (Lipinski definition) is 0. The minimum atomic E-state index is 0.662. The van der Waals surface area contributed by atoms with Crippen LogP contribution in [0.5, 0.6) is 0 Å². The van der Waals surface area contributed by atoms with Gasteiger partial charge >= 0.3 is 0 Å². The molecule has 0 saturated carbocycles. The predicted molar refractivity (Wildman–Crippen MR) is 186 cm³/mol. The van der Waals surface area contributed by atoms with E-state index in [1.165, 1.54) is 36.5 Å². The Balaban J connectivity index is 1.25. The first kappa shape index (κ1) is 25.0. The van der Waals surface area contributed by atoms with Crippen molar-refractivity contribution in [3.8, 4) is 39.6 Å². The second-order valence-electron chi connectivity index (χ2n) is 11.1. The van der Waals surface area contributed by atoms with E-state index in [1.807, 2.05) is 17.4 Å². The zero-order valence-corrected chi connectivity index (χ0v) is 24.5. The normalized spacial score (nSPS) is 11.6. The molecule has 0 bridgehead atoms. The molecule has 0 aliphatic carbocycles. The molecule has 9 aromatic rings. The van der Waals surface area contributed by atoms with Crippen LogP contribution in [0, 0.1) is 0 Å². The molecular formula is C40H25N3S. The van der Waals surface area contributed by atoms with Crippen LogP contribution in [-0.2, 0) is 0 Å². The predicted octanol–water partition coefficient (Wildman–Crippen LogP) is 10.9. The van der Waals surface area contributed by atoms with Crippen LogP contribution in [0.2, 0.25) is 0 Å². The fourth-order valence-electron chi connectivity index (χ4n) is 6.34. The highest BCUT2D eigenvalue weighted by atomic mass is 32.1. The summed E-state index contributed by atoms with van der Waals surface area (Å²) in [6, 6.07) is 53.7. The van der Waals surface area contributed by atoms with Crippen LogP contribution < -0.4 is 0 Å². The number of rotatable bonds is 4. The van der Waals surface area contributed by atoms with Gasteiger partial charge in [-0.2, -0.15) is 0 Å². The fraction of sp³-hybridized carbons (Fsp3) is 0. The molecule has 0 amide bonds. The third kappa shape index (κ3) is 4.03. The van der Waals surface area contributed by atoms with Crippen molar-refractivity contribution in [1.82, 2.24) is 14.5 Å². The molecule has 0 aliphatic rings. The van der Waals surface area contributed by atoms with Crippen LogP contribution in [0.25, 0.3) is 81.6 Å². The van der Waals surface area contributed by atoms with Crippen LogP contribution in [0.4, 0.5) is 0 Å². The zero-order valence-electron chi connectivity index (χ0n) is 23.7. The molecule has 0 atom stereocenters. The molecule has 3 heterocycles. The number of fused-ring (bicyclic) bond motifs is 6. The van der Waals surface area contributed by atoms with E-state index in [-0.39, 0.29) is 0 Å². The average Bonchev–Trinajstić information content (AvgIpc) is 3.64. The monoisotopic (exact) mass is 579 g/mol. The van der Waals surface area contributed by atoms with E-state index in [1.54, 1.807) is 0 Å². The van der Waals surface area contributed by atoms with E-state index in [0.717, 1.165) is 39.1 Å². The van der Waals surface area contributed by atoms with Crippen molar-refractivity contribution in [1.29, 1.82) is 0 Å². The standard InChI is InChI=1S/C40H25N3S/c1-2-11-26(12-3-1)34-25-35(42-40(41-34)43-36-18-7-4-15-30(36)31-16-5-8-19-37(31)43)29-14-10-13-27(23-29)28-21-22-39-33(24-28)32-17-6-9-20-38(32)44-39/h1-25H. The lowest BCUT2D eigenvalue weighted by molar-refractivity contribution is 0.995. The summed E-state index contributed by atoms with van der Waals surface area (Å²) >= 11 is 1.85. The van der Waals surface area contributed by atoms with Gasteiger partial charge in [0.1, 0.15) is 0 Å². The van der Waals surface area contributed by atoms with E-state index in [4.69, 9.17) is 9.97 Å². The Hall–Kier alpha value is -5.58. The maximum Gasteiger partial charge on any atom is 0.235 e. The highest BCUT2D eigenvalue weighted by molar-refractivity contribution is 7.25. The second kappa shape index (κ2) is 10.0. The second-order valence-corrected chi connectivity index (χ2v) is 12.1.